The van der Waals surface area contributed by atoms with Gasteiger partial charge in [0.05, 0.1) is 5.56 Å². The van der Waals surface area contributed by atoms with E-state index in [1.54, 1.807) is 17.8 Å². The molecule has 0 heterocycles. The number of hydrogen-bond donors (Lipinski definition) is 3. The second-order valence-electron chi connectivity index (χ2n) is 4.50. The third-order valence-corrected chi connectivity index (χ3v) is 3.63. The molecule has 1 unspecified atom stereocenters. The summed E-state index contributed by atoms with van der Waals surface area (Å²) < 4.78 is 0. The van der Waals surface area contributed by atoms with Gasteiger partial charge in [0.15, 0.2) is 0 Å². The molecule has 0 spiro atoms. The lowest BCUT2D eigenvalue weighted by Crippen LogP contribution is -2.14. The van der Waals surface area contributed by atoms with E-state index in [2.05, 4.69) is 18.5 Å². The first-order chi connectivity index (χ1) is 8.45. The van der Waals surface area contributed by atoms with Crippen LogP contribution >= 0.6 is 11.8 Å². The van der Waals surface area contributed by atoms with Crippen LogP contribution in [0, 0.1) is 12.8 Å². The highest BCUT2D eigenvalue weighted by Gasteiger charge is 2.12. The second-order valence-corrected chi connectivity index (χ2v) is 5.41. The van der Waals surface area contributed by atoms with Crippen molar-refractivity contribution in [2.24, 2.45) is 5.92 Å². The number of hydrogen-bond acceptors (Lipinski definition) is 4. The fraction of sp³-hybridized carbons (Fsp3) is 0.462. The maximum Gasteiger partial charge on any atom is 0.337 e. The summed E-state index contributed by atoms with van der Waals surface area (Å²) in [6.45, 7) is 4.80. The maximum absolute atomic E-state index is 11.1. The van der Waals surface area contributed by atoms with Crippen LogP contribution in [-0.4, -0.2) is 29.6 Å². The van der Waals surface area contributed by atoms with Crippen LogP contribution in [0.25, 0.3) is 0 Å². The predicted molar refractivity (Wildman–Crippen MR) is 78.6 cm³/mol. The summed E-state index contributed by atoms with van der Waals surface area (Å²) in [5.74, 6) is 0.620. The summed E-state index contributed by atoms with van der Waals surface area (Å²) in [7, 11) is 0. The van der Waals surface area contributed by atoms with E-state index >= 15 is 0 Å². The van der Waals surface area contributed by atoms with E-state index in [0.717, 1.165) is 23.5 Å². The zero-order chi connectivity index (χ0) is 13.7. The van der Waals surface area contributed by atoms with Crippen molar-refractivity contribution in [2.45, 2.75) is 13.8 Å². The molecule has 0 amide bonds. The van der Waals surface area contributed by atoms with Crippen LogP contribution in [0.15, 0.2) is 12.1 Å². The zero-order valence-electron chi connectivity index (χ0n) is 11.0. The third kappa shape index (κ3) is 3.84. The van der Waals surface area contributed by atoms with Crippen LogP contribution in [-0.2, 0) is 0 Å². The lowest BCUT2D eigenvalue weighted by atomic mass is 10.1. The Hall–Kier alpha value is -1.36. The summed E-state index contributed by atoms with van der Waals surface area (Å²) in [4.78, 5) is 11.1. The fourth-order valence-electron chi connectivity index (χ4n) is 1.71. The number of rotatable bonds is 6. The quantitative estimate of drug-likeness (QED) is 0.692. The molecule has 1 rings (SSSR count). The van der Waals surface area contributed by atoms with Crippen LogP contribution < -0.4 is 11.1 Å². The smallest absolute Gasteiger partial charge is 0.337 e. The van der Waals surface area contributed by atoms with Crippen LogP contribution in [0.4, 0.5) is 11.4 Å². The van der Waals surface area contributed by atoms with Gasteiger partial charge in [-0.15, -0.1) is 0 Å². The summed E-state index contributed by atoms with van der Waals surface area (Å²) in [5.41, 5.74) is 7.84. The normalized spacial score (nSPS) is 12.2. The van der Waals surface area contributed by atoms with E-state index in [4.69, 9.17) is 10.8 Å². The Kier molecular flexibility index (Phi) is 5.34. The molecule has 0 aliphatic rings. The van der Waals surface area contributed by atoms with Gasteiger partial charge in [0.1, 0.15) is 0 Å². The van der Waals surface area contributed by atoms with E-state index in [1.807, 2.05) is 13.0 Å². The Morgan fingerprint density at radius 3 is 2.78 bits per heavy atom. The Balaban J connectivity index is 2.81. The number of anilines is 2. The molecule has 0 bridgehead atoms. The van der Waals surface area contributed by atoms with E-state index in [-0.39, 0.29) is 5.56 Å². The third-order valence-electron chi connectivity index (χ3n) is 2.72. The van der Waals surface area contributed by atoms with Crippen LogP contribution in [0.2, 0.25) is 0 Å². The molecular formula is C13H20N2O2S. The van der Waals surface area contributed by atoms with Gasteiger partial charge < -0.3 is 16.2 Å². The van der Waals surface area contributed by atoms with Crippen LogP contribution in [0.5, 0.6) is 0 Å². The minimum absolute atomic E-state index is 0.162. The maximum atomic E-state index is 11.1. The van der Waals surface area contributed by atoms with Crippen molar-refractivity contribution < 1.29 is 9.90 Å². The summed E-state index contributed by atoms with van der Waals surface area (Å²) in [5, 5.41) is 12.3. The standard InChI is InChI=1S/C13H20N2O2S/c1-8(7-18-3)6-15-10-4-9(2)12(14)11(5-10)13(16)17/h4-5,8,15H,6-7,14H2,1-3H3,(H,16,17). The van der Waals surface area contributed by atoms with Crippen molar-refractivity contribution in [2.75, 3.05) is 29.6 Å². The number of carbonyl (C=O) groups is 1. The SMILES string of the molecule is CSCC(C)CNc1cc(C)c(N)c(C(=O)O)c1. The molecule has 4 nitrogen and oxygen atoms in total. The number of aryl methyl sites for hydroxylation is 1. The summed E-state index contributed by atoms with van der Waals surface area (Å²) in [6, 6.07) is 3.48. The Morgan fingerprint density at radius 1 is 1.56 bits per heavy atom. The molecule has 0 aliphatic heterocycles. The van der Waals surface area contributed by atoms with Crippen molar-refractivity contribution in [3.8, 4) is 0 Å². The lowest BCUT2D eigenvalue weighted by Gasteiger charge is -2.14. The largest absolute Gasteiger partial charge is 0.478 e. The average Bonchev–Trinajstić information content (AvgIpc) is 2.30. The van der Waals surface area contributed by atoms with Gasteiger partial charge >= 0.3 is 5.97 Å². The molecule has 0 saturated carbocycles. The van der Waals surface area contributed by atoms with E-state index in [1.165, 1.54) is 0 Å². The van der Waals surface area contributed by atoms with Crippen molar-refractivity contribution in [3.05, 3.63) is 23.3 Å². The molecule has 1 aromatic rings. The topological polar surface area (TPSA) is 75.3 Å². The van der Waals surface area contributed by atoms with Crippen molar-refractivity contribution in [3.63, 3.8) is 0 Å². The molecule has 0 aromatic heterocycles. The number of nitrogen functional groups attached to an aromatic ring is 1. The minimum atomic E-state index is -0.989. The lowest BCUT2D eigenvalue weighted by molar-refractivity contribution is 0.0698. The molecular weight excluding hydrogens is 248 g/mol. The number of carboxylic acids is 1. The monoisotopic (exact) mass is 268 g/mol. The Morgan fingerprint density at radius 2 is 2.22 bits per heavy atom. The highest BCUT2D eigenvalue weighted by atomic mass is 32.2. The molecule has 4 N–H and O–H groups in total. The highest BCUT2D eigenvalue weighted by Crippen LogP contribution is 2.23. The molecule has 0 radical (unpaired) electrons. The molecule has 1 atom stereocenters. The molecule has 18 heavy (non-hydrogen) atoms. The molecule has 0 aliphatic carbocycles. The Labute approximate surface area is 112 Å². The van der Waals surface area contributed by atoms with E-state index in [9.17, 15) is 4.79 Å². The first-order valence-corrected chi connectivity index (χ1v) is 7.21. The van der Waals surface area contributed by atoms with Crippen molar-refractivity contribution >= 4 is 29.1 Å². The van der Waals surface area contributed by atoms with Crippen LogP contribution in [0.1, 0.15) is 22.8 Å². The zero-order valence-corrected chi connectivity index (χ0v) is 11.8. The predicted octanol–water partition coefficient (Wildman–Crippen LogP) is 2.69. The fourth-order valence-corrected chi connectivity index (χ4v) is 2.40. The molecule has 1 aromatic carbocycles. The first kappa shape index (κ1) is 14.7. The van der Waals surface area contributed by atoms with Gasteiger partial charge in [-0.25, -0.2) is 4.79 Å². The minimum Gasteiger partial charge on any atom is -0.478 e. The van der Waals surface area contributed by atoms with Crippen LogP contribution in [0.3, 0.4) is 0 Å². The number of aromatic carboxylic acids is 1. The number of nitrogens with one attached hydrogen (secondary N) is 1. The van der Waals surface area contributed by atoms with Gasteiger partial charge in [-0.2, -0.15) is 11.8 Å². The van der Waals surface area contributed by atoms with Crippen molar-refractivity contribution in [1.29, 1.82) is 0 Å². The summed E-state index contributed by atoms with van der Waals surface area (Å²) in [6.07, 6.45) is 2.08. The number of nitrogens with two attached hydrogens (primary N) is 1. The first-order valence-electron chi connectivity index (χ1n) is 5.82. The van der Waals surface area contributed by atoms with Gasteiger partial charge in [-0.3, -0.25) is 0 Å². The van der Waals surface area contributed by atoms with E-state index in [0.29, 0.717) is 11.6 Å². The second kappa shape index (κ2) is 6.54. The highest BCUT2D eigenvalue weighted by molar-refractivity contribution is 7.98. The molecule has 0 saturated heterocycles. The van der Waals surface area contributed by atoms with Gasteiger partial charge in [0.25, 0.3) is 0 Å². The van der Waals surface area contributed by atoms with Gasteiger partial charge in [-0.05, 0) is 42.5 Å². The number of benzene rings is 1. The molecule has 100 valence electrons. The average molecular weight is 268 g/mol. The van der Waals surface area contributed by atoms with Gasteiger partial charge in [0, 0.05) is 17.9 Å². The molecule has 0 fully saturated rings. The number of carboxylic acid groups (broad SMARTS) is 1. The van der Waals surface area contributed by atoms with Crippen molar-refractivity contribution in [1.82, 2.24) is 0 Å². The summed E-state index contributed by atoms with van der Waals surface area (Å²) >= 11 is 1.80. The van der Waals surface area contributed by atoms with Gasteiger partial charge in [0.2, 0.25) is 0 Å². The Bertz CT molecular complexity index is 435. The number of thioether (sulfide) groups is 1. The van der Waals surface area contributed by atoms with Gasteiger partial charge in [-0.1, -0.05) is 6.92 Å². The van der Waals surface area contributed by atoms with E-state index < -0.39 is 5.97 Å². The molecule has 5 heteroatoms.